The van der Waals surface area contributed by atoms with E-state index in [0.717, 1.165) is 10.1 Å². The summed E-state index contributed by atoms with van der Waals surface area (Å²) in [5, 5.41) is 9.90. The second-order valence-electron chi connectivity index (χ2n) is 5.68. The fraction of sp³-hybridized carbons (Fsp3) is 0.389. The van der Waals surface area contributed by atoms with E-state index in [1.165, 1.54) is 0 Å². The summed E-state index contributed by atoms with van der Waals surface area (Å²) in [7, 11) is 0. The van der Waals surface area contributed by atoms with E-state index in [9.17, 15) is 10.1 Å². The molecule has 0 spiro atoms. The van der Waals surface area contributed by atoms with Crippen LogP contribution in [0.4, 0.5) is 0 Å². The van der Waals surface area contributed by atoms with Gasteiger partial charge in [0, 0.05) is 0 Å². The third kappa shape index (κ3) is 4.94. The molecule has 2 aromatic rings. The van der Waals surface area contributed by atoms with Crippen molar-refractivity contribution in [2.45, 2.75) is 26.1 Å². The van der Waals surface area contributed by atoms with E-state index in [1.54, 1.807) is 19.1 Å². The van der Waals surface area contributed by atoms with E-state index in [1.807, 2.05) is 6.07 Å². The summed E-state index contributed by atoms with van der Waals surface area (Å²) in [4.78, 5) is 16.7. The molecule has 0 saturated carbocycles. The molecule has 1 aromatic heterocycles. The van der Waals surface area contributed by atoms with Crippen LogP contribution in [-0.2, 0) is 10.1 Å². The topological polar surface area (TPSA) is 72.2 Å². The zero-order chi connectivity index (χ0) is 18.4. The monoisotopic (exact) mass is 470 g/mol. The van der Waals surface area contributed by atoms with E-state index >= 15 is 0 Å². The maximum absolute atomic E-state index is 12.1. The Morgan fingerprint density at radius 3 is 2.80 bits per heavy atom. The van der Waals surface area contributed by atoms with Crippen LogP contribution in [0.2, 0.25) is 0 Å². The summed E-state index contributed by atoms with van der Waals surface area (Å²) in [6.07, 6.45) is 0. The molecular weight excluding hydrogens is 451 g/mol. The third-order valence-electron chi connectivity index (χ3n) is 3.20. The first kappa shape index (κ1) is 19.7. The van der Waals surface area contributed by atoms with Gasteiger partial charge in [0.05, 0.1) is 0 Å². The van der Waals surface area contributed by atoms with Crippen molar-refractivity contribution in [2.75, 3.05) is 13.2 Å². The van der Waals surface area contributed by atoms with Crippen LogP contribution in [0.25, 0.3) is 10.1 Å². The Labute approximate surface area is 161 Å². The fourth-order valence-corrected chi connectivity index (χ4v) is 4.92. The molecular formula is C18H19BrN2O3Se. The number of hydrogen-bond donors (Lipinski definition) is 0. The van der Waals surface area contributed by atoms with Gasteiger partial charge in [0.1, 0.15) is 0 Å². The van der Waals surface area contributed by atoms with E-state index in [2.05, 4.69) is 40.8 Å². The molecule has 1 aromatic carbocycles. The number of halogens is 1. The Hall–Kier alpha value is -1.61. The van der Waals surface area contributed by atoms with Crippen molar-refractivity contribution in [3.8, 4) is 22.0 Å². The first-order valence-electron chi connectivity index (χ1n) is 7.90. The summed E-state index contributed by atoms with van der Waals surface area (Å²) in [5.41, 5.74) is 2.01. The molecule has 0 aliphatic heterocycles. The van der Waals surface area contributed by atoms with Gasteiger partial charge in [-0.05, 0) is 0 Å². The Morgan fingerprint density at radius 1 is 1.44 bits per heavy atom. The number of nitrogens with zero attached hydrogens (tertiary/aromatic N) is 2. The van der Waals surface area contributed by atoms with Crippen molar-refractivity contribution in [1.82, 2.24) is 4.98 Å². The second kappa shape index (κ2) is 9.19. The number of ether oxygens (including phenoxy) is 2. The average Bonchev–Trinajstić information content (AvgIpc) is 3.04. The standard InChI is InChI=1S/C18H19BrN2O3Se/c1-4-23-18(22)16-14(8-19)21-17(25-16)12-5-6-15(13(7-12)9-20)24-10-11(2)3/h5-7,11H,4,8,10H2,1-3H3. The van der Waals surface area contributed by atoms with Gasteiger partial charge in [-0.2, -0.15) is 0 Å². The predicted octanol–water partition coefficient (Wildman–Crippen LogP) is 3.78. The van der Waals surface area contributed by atoms with E-state index in [-0.39, 0.29) is 20.5 Å². The Bertz CT molecular complexity index is 796. The molecule has 2 rings (SSSR count). The number of carbonyl (C=O) groups excluding carboxylic acids is 1. The van der Waals surface area contributed by atoms with Gasteiger partial charge in [-0.15, -0.1) is 0 Å². The Kier molecular flexibility index (Phi) is 7.24. The number of alkyl halides is 1. The predicted molar refractivity (Wildman–Crippen MR) is 100 cm³/mol. The summed E-state index contributed by atoms with van der Waals surface area (Å²) in [6.45, 7) is 6.79. The summed E-state index contributed by atoms with van der Waals surface area (Å²) >= 11 is 3.13. The Morgan fingerprint density at radius 2 is 2.20 bits per heavy atom. The minimum atomic E-state index is -0.312. The first-order valence-corrected chi connectivity index (χ1v) is 10.7. The van der Waals surface area contributed by atoms with Gasteiger partial charge in [0.15, 0.2) is 0 Å². The van der Waals surface area contributed by atoms with Gasteiger partial charge < -0.3 is 0 Å². The molecule has 0 unspecified atom stereocenters. The summed E-state index contributed by atoms with van der Waals surface area (Å²) in [6, 6.07) is 7.63. The van der Waals surface area contributed by atoms with Gasteiger partial charge in [-0.3, -0.25) is 0 Å². The summed E-state index contributed by atoms with van der Waals surface area (Å²) in [5.74, 6) is 0.644. The van der Waals surface area contributed by atoms with Crippen LogP contribution < -0.4 is 4.74 Å². The zero-order valence-electron chi connectivity index (χ0n) is 14.3. The van der Waals surface area contributed by atoms with Crippen molar-refractivity contribution in [1.29, 1.82) is 5.26 Å². The van der Waals surface area contributed by atoms with Gasteiger partial charge in [-0.1, -0.05) is 0 Å². The Balaban J connectivity index is 2.35. The van der Waals surface area contributed by atoms with Crippen LogP contribution in [0.5, 0.6) is 5.75 Å². The number of carbonyl (C=O) groups is 1. The number of esters is 1. The van der Waals surface area contributed by atoms with Crippen LogP contribution in [-0.4, -0.2) is 38.7 Å². The van der Waals surface area contributed by atoms with Gasteiger partial charge in [0.25, 0.3) is 0 Å². The maximum atomic E-state index is 12.1. The fourth-order valence-electron chi connectivity index (χ4n) is 2.05. The van der Waals surface area contributed by atoms with Crippen molar-refractivity contribution in [2.24, 2.45) is 5.92 Å². The van der Waals surface area contributed by atoms with Gasteiger partial charge in [-0.25, -0.2) is 0 Å². The van der Waals surface area contributed by atoms with Crippen LogP contribution in [0.1, 0.15) is 41.3 Å². The molecule has 0 amide bonds. The minimum absolute atomic E-state index is 0.248. The van der Waals surface area contributed by atoms with Crippen molar-refractivity contribution in [3.05, 3.63) is 33.9 Å². The van der Waals surface area contributed by atoms with Crippen LogP contribution >= 0.6 is 15.9 Å². The van der Waals surface area contributed by atoms with Crippen molar-refractivity contribution >= 4 is 36.4 Å². The molecule has 25 heavy (non-hydrogen) atoms. The number of nitriles is 1. The van der Waals surface area contributed by atoms with E-state index in [4.69, 9.17) is 9.47 Å². The van der Waals surface area contributed by atoms with Crippen molar-refractivity contribution in [3.63, 3.8) is 0 Å². The molecule has 0 saturated heterocycles. The molecule has 0 atom stereocenters. The molecule has 1 heterocycles. The van der Waals surface area contributed by atoms with E-state index in [0.29, 0.717) is 45.9 Å². The van der Waals surface area contributed by atoms with Gasteiger partial charge >= 0.3 is 162 Å². The molecule has 0 aliphatic carbocycles. The first-order chi connectivity index (χ1) is 12.0. The number of benzene rings is 1. The molecule has 132 valence electrons. The molecule has 0 fully saturated rings. The number of hydrogen-bond acceptors (Lipinski definition) is 5. The molecule has 5 nitrogen and oxygen atoms in total. The normalized spacial score (nSPS) is 10.6. The molecule has 0 aliphatic rings. The quantitative estimate of drug-likeness (QED) is 0.350. The summed E-state index contributed by atoms with van der Waals surface area (Å²) < 4.78 is 12.2. The molecule has 7 heteroatoms. The van der Waals surface area contributed by atoms with Crippen molar-refractivity contribution < 1.29 is 14.3 Å². The number of rotatable bonds is 7. The van der Waals surface area contributed by atoms with E-state index < -0.39 is 0 Å². The molecule has 0 radical (unpaired) electrons. The van der Waals surface area contributed by atoms with Crippen LogP contribution in [0.3, 0.4) is 0 Å². The molecule has 0 N–H and O–H groups in total. The van der Waals surface area contributed by atoms with Crippen LogP contribution in [0.15, 0.2) is 18.2 Å². The number of aromatic nitrogens is 1. The zero-order valence-corrected chi connectivity index (χ0v) is 17.6. The van der Waals surface area contributed by atoms with Crippen LogP contribution in [0, 0.1) is 17.2 Å². The second-order valence-corrected chi connectivity index (χ2v) is 8.33. The third-order valence-corrected chi connectivity index (χ3v) is 6.10. The van der Waals surface area contributed by atoms with Gasteiger partial charge in [0.2, 0.25) is 0 Å². The SMILES string of the molecule is CCOC(=O)c1[se]c(-c2ccc(OCC(C)C)c(C#N)c2)nc1CBr. The molecule has 0 bridgehead atoms. The average molecular weight is 470 g/mol.